The number of H-pyrrole nitrogens is 1. The van der Waals surface area contributed by atoms with Crippen LogP contribution in [0.5, 0.6) is 0 Å². The summed E-state index contributed by atoms with van der Waals surface area (Å²) in [5.41, 5.74) is -3.66. The van der Waals surface area contributed by atoms with Crippen molar-refractivity contribution in [2.45, 2.75) is 88.7 Å². The van der Waals surface area contributed by atoms with Gasteiger partial charge in [-0.25, -0.2) is 4.79 Å². The lowest BCUT2D eigenvalue weighted by Crippen LogP contribution is -2.64. The van der Waals surface area contributed by atoms with Gasteiger partial charge in [-0.1, -0.05) is 20.8 Å². The Bertz CT molecular complexity index is 990. The minimum Gasteiger partial charge on any atom is -0.414 e. The Hall–Kier alpha value is -1.81. The Kier molecular flexibility index (Phi) is 5.88. The number of hydrogen-bond donors (Lipinski definition) is 2. The first kappa shape index (κ1) is 23.8. The fourth-order valence-electron chi connectivity index (χ4n) is 3.54. The Labute approximate surface area is 181 Å². The maximum atomic E-state index is 12.4. The van der Waals surface area contributed by atoms with E-state index in [9.17, 15) is 20.0 Å². The third-order valence-electron chi connectivity index (χ3n) is 6.31. The fraction of sp³-hybridized carbons (Fsp3) is 0.750. The topological polar surface area (TPSA) is 136 Å². The van der Waals surface area contributed by atoms with Crippen LogP contribution >= 0.6 is 0 Å². The lowest BCUT2D eigenvalue weighted by molar-refractivity contribution is -0.250. The van der Waals surface area contributed by atoms with Crippen LogP contribution in [0.25, 0.3) is 0 Å². The summed E-state index contributed by atoms with van der Waals surface area (Å²) in [7, 11) is -2.15. The molecule has 0 radical (unpaired) electrons. The van der Waals surface area contributed by atoms with Crippen LogP contribution in [0, 0.1) is 11.3 Å². The van der Waals surface area contributed by atoms with Crippen LogP contribution in [0.4, 0.5) is 0 Å². The van der Waals surface area contributed by atoms with Gasteiger partial charge in [0.05, 0.1) is 6.61 Å². The van der Waals surface area contributed by atoms with E-state index in [0.717, 1.165) is 10.6 Å². The van der Waals surface area contributed by atoms with E-state index in [0.29, 0.717) is 0 Å². The van der Waals surface area contributed by atoms with E-state index < -0.39 is 55.5 Å². The lowest BCUT2D eigenvalue weighted by Gasteiger charge is -2.45. The molecule has 172 valence electrons. The highest BCUT2D eigenvalue weighted by Gasteiger charge is 2.64. The van der Waals surface area contributed by atoms with E-state index in [4.69, 9.17) is 18.6 Å². The molecule has 5 atom stereocenters. The average molecular weight is 454 g/mol. The van der Waals surface area contributed by atoms with Crippen LogP contribution in [0.1, 0.15) is 40.8 Å². The molecule has 2 aliphatic heterocycles. The Morgan fingerprint density at radius 2 is 1.97 bits per heavy atom. The molecule has 0 bridgehead atoms. The third-order valence-corrected chi connectivity index (χ3v) is 10.8. The molecule has 10 nitrogen and oxygen atoms in total. The lowest BCUT2D eigenvalue weighted by atomic mass is 9.86. The number of aromatic amines is 1. The van der Waals surface area contributed by atoms with Crippen LogP contribution in [-0.2, 0) is 18.6 Å². The van der Waals surface area contributed by atoms with Crippen molar-refractivity contribution in [2.24, 2.45) is 0 Å². The molecule has 11 heteroatoms. The van der Waals surface area contributed by atoms with Gasteiger partial charge in [0.2, 0.25) is 5.60 Å². The number of rotatable bonds is 4. The molecule has 1 aromatic heterocycles. The molecular formula is C20H31N3O7Si. The molecular weight excluding hydrogens is 422 g/mol. The summed E-state index contributed by atoms with van der Waals surface area (Å²) in [4.78, 5) is 26.0. The summed E-state index contributed by atoms with van der Waals surface area (Å²) in [5, 5.41) is 21.1. The molecule has 2 N–H and O–H groups in total. The molecule has 0 aromatic carbocycles. The number of hydrogen-bond acceptors (Lipinski definition) is 8. The van der Waals surface area contributed by atoms with Crippen molar-refractivity contribution in [1.82, 2.24) is 9.55 Å². The highest BCUT2D eigenvalue weighted by molar-refractivity contribution is 6.74. The molecule has 0 aliphatic carbocycles. The standard InChI is InChI=1S/C20H31N3O7Si/c1-18(2,3)31(6,7)27-10-12-14-15(30-19(4,5)29-14)20(26,11-21)16(28-12)23-9-8-13(24)22-17(23)25/h8-9,12,14-16,26H,10H2,1-7H3,(H,22,24,25)/t12-,14+,15+,16-,20-/m1/s1. The van der Waals surface area contributed by atoms with Crippen LogP contribution in [0.15, 0.2) is 21.9 Å². The zero-order valence-electron chi connectivity index (χ0n) is 19.0. The van der Waals surface area contributed by atoms with Gasteiger partial charge >= 0.3 is 5.69 Å². The second kappa shape index (κ2) is 7.65. The quantitative estimate of drug-likeness (QED) is 0.513. The van der Waals surface area contributed by atoms with Gasteiger partial charge in [0.15, 0.2) is 20.3 Å². The van der Waals surface area contributed by atoms with Crippen LogP contribution in [-0.4, -0.2) is 59.3 Å². The van der Waals surface area contributed by atoms with Crippen molar-refractivity contribution in [3.8, 4) is 6.07 Å². The number of aromatic nitrogens is 2. The highest BCUT2D eigenvalue weighted by atomic mass is 28.4. The average Bonchev–Trinajstić information content (AvgIpc) is 2.97. The largest absolute Gasteiger partial charge is 0.414 e. The van der Waals surface area contributed by atoms with Gasteiger partial charge in [-0.2, -0.15) is 5.26 Å². The Balaban J connectivity index is 2.02. The molecule has 3 heterocycles. The maximum Gasteiger partial charge on any atom is 0.330 e. The van der Waals surface area contributed by atoms with E-state index >= 15 is 0 Å². The molecule has 0 spiro atoms. The Morgan fingerprint density at radius 1 is 1.32 bits per heavy atom. The third kappa shape index (κ3) is 4.28. The highest BCUT2D eigenvalue weighted by Crippen LogP contribution is 2.46. The number of fused-ring (bicyclic) bond motifs is 1. The predicted octanol–water partition coefficient (Wildman–Crippen LogP) is 1.23. The minimum atomic E-state index is -2.24. The van der Waals surface area contributed by atoms with Gasteiger partial charge in [0, 0.05) is 12.3 Å². The molecule has 0 saturated carbocycles. The molecule has 31 heavy (non-hydrogen) atoms. The molecule has 2 aliphatic rings. The molecule has 0 unspecified atom stereocenters. The summed E-state index contributed by atoms with van der Waals surface area (Å²) in [6.45, 7) is 14.0. The second-order valence-electron chi connectivity index (χ2n) is 10.1. The summed E-state index contributed by atoms with van der Waals surface area (Å²) in [5.74, 6) is -1.08. The predicted molar refractivity (Wildman–Crippen MR) is 113 cm³/mol. The van der Waals surface area contributed by atoms with Gasteiger partial charge in [0.1, 0.15) is 24.4 Å². The first-order valence-electron chi connectivity index (χ1n) is 10.2. The maximum absolute atomic E-state index is 12.4. The van der Waals surface area contributed by atoms with Gasteiger partial charge in [-0.3, -0.25) is 14.3 Å². The number of nitriles is 1. The van der Waals surface area contributed by atoms with Crippen molar-refractivity contribution in [1.29, 1.82) is 5.26 Å². The summed E-state index contributed by atoms with van der Waals surface area (Å²) >= 11 is 0. The SMILES string of the molecule is CC1(C)O[C@H]2[C@@H](CO[Si](C)(C)C(C)(C)C)O[C@@H](n3ccc(=O)[nH]c3=O)[C@@](O)(C#N)[C@H]2O1. The summed E-state index contributed by atoms with van der Waals surface area (Å²) < 4.78 is 25.2. The van der Waals surface area contributed by atoms with Crippen molar-refractivity contribution in [2.75, 3.05) is 6.61 Å². The first-order valence-corrected chi connectivity index (χ1v) is 13.1. The number of ether oxygens (including phenoxy) is 3. The number of nitrogens with one attached hydrogen (secondary N) is 1. The summed E-state index contributed by atoms with van der Waals surface area (Å²) in [6.07, 6.45) is -2.87. The Morgan fingerprint density at radius 3 is 2.52 bits per heavy atom. The van der Waals surface area contributed by atoms with Gasteiger partial charge in [0.25, 0.3) is 5.56 Å². The fourth-order valence-corrected chi connectivity index (χ4v) is 4.55. The smallest absolute Gasteiger partial charge is 0.330 e. The van der Waals surface area contributed by atoms with Crippen molar-refractivity contribution >= 4 is 8.32 Å². The number of nitrogens with zero attached hydrogens (tertiary/aromatic N) is 2. The van der Waals surface area contributed by atoms with E-state index in [1.54, 1.807) is 13.8 Å². The zero-order valence-corrected chi connectivity index (χ0v) is 20.0. The summed E-state index contributed by atoms with van der Waals surface area (Å²) in [6, 6.07) is 2.96. The molecule has 2 saturated heterocycles. The molecule has 3 rings (SSSR count). The van der Waals surface area contributed by atoms with Gasteiger partial charge < -0.3 is 23.7 Å². The van der Waals surface area contributed by atoms with Crippen LogP contribution in [0.3, 0.4) is 0 Å². The molecule has 1 aromatic rings. The van der Waals surface area contributed by atoms with Crippen molar-refractivity contribution < 1.29 is 23.7 Å². The van der Waals surface area contributed by atoms with E-state index in [1.165, 1.54) is 6.20 Å². The van der Waals surface area contributed by atoms with E-state index in [1.807, 2.05) is 6.07 Å². The van der Waals surface area contributed by atoms with Crippen LogP contribution < -0.4 is 11.2 Å². The van der Waals surface area contributed by atoms with E-state index in [-0.39, 0.29) is 11.6 Å². The van der Waals surface area contributed by atoms with Crippen molar-refractivity contribution in [3.05, 3.63) is 33.1 Å². The second-order valence-corrected chi connectivity index (χ2v) is 14.9. The van der Waals surface area contributed by atoms with Crippen LogP contribution in [0.2, 0.25) is 18.1 Å². The number of aliphatic hydroxyl groups is 1. The van der Waals surface area contributed by atoms with Gasteiger partial charge in [-0.15, -0.1) is 0 Å². The van der Waals surface area contributed by atoms with Gasteiger partial charge in [-0.05, 0) is 32.0 Å². The molecule has 0 amide bonds. The first-order chi connectivity index (χ1) is 14.1. The zero-order chi connectivity index (χ0) is 23.4. The monoisotopic (exact) mass is 453 g/mol. The molecule has 2 fully saturated rings. The van der Waals surface area contributed by atoms with Crippen molar-refractivity contribution in [3.63, 3.8) is 0 Å². The minimum absolute atomic E-state index is 0.0456. The van der Waals surface area contributed by atoms with E-state index in [2.05, 4.69) is 38.8 Å². The normalized spacial score (nSPS) is 33.0.